The van der Waals surface area contributed by atoms with Crippen LogP contribution in [-0.2, 0) is 4.79 Å². The van der Waals surface area contributed by atoms with Crippen molar-refractivity contribution < 1.29 is 19.2 Å². The molecule has 0 unspecified atom stereocenters. The minimum Gasteiger partial charge on any atom is -0.479 e. The van der Waals surface area contributed by atoms with Gasteiger partial charge < -0.3 is 9.47 Å². The molecular weight excluding hydrogens is 274 g/mol. The van der Waals surface area contributed by atoms with Crippen LogP contribution < -0.4 is 9.47 Å². The average Bonchev–Trinajstić information content (AvgIpc) is 2.48. The van der Waals surface area contributed by atoms with Crippen molar-refractivity contribution >= 4 is 11.7 Å². The van der Waals surface area contributed by atoms with Crippen molar-refractivity contribution in [3.05, 3.63) is 64.7 Å². The maximum Gasteiger partial charge on any atom is 0.352 e. The number of nitro groups is 1. The molecule has 6 heteroatoms. The number of para-hydroxylation sites is 1. The van der Waals surface area contributed by atoms with E-state index in [-0.39, 0.29) is 11.4 Å². The minimum absolute atomic E-state index is 0.109. The lowest BCUT2D eigenvalue weighted by molar-refractivity contribution is -0.384. The van der Waals surface area contributed by atoms with E-state index in [0.717, 1.165) is 0 Å². The van der Waals surface area contributed by atoms with Crippen LogP contribution in [0.3, 0.4) is 0 Å². The topological polar surface area (TPSA) is 78.7 Å². The van der Waals surface area contributed by atoms with Crippen LogP contribution in [0.15, 0.2) is 54.6 Å². The van der Waals surface area contributed by atoms with Gasteiger partial charge in [-0.2, -0.15) is 0 Å². The van der Waals surface area contributed by atoms with E-state index in [0.29, 0.717) is 5.75 Å². The van der Waals surface area contributed by atoms with Crippen LogP contribution in [0, 0.1) is 10.1 Å². The van der Waals surface area contributed by atoms with E-state index >= 15 is 0 Å². The number of hydrogen-bond donors (Lipinski definition) is 0. The van der Waals surface area contributed by atoms with Crippen molar-refractivity contribution in [2.24, 2.45) is 0 Å². The highest BCUT2D eigenvalue weighted by Crippen LogP contribution is 2.20. The first kappa shape index (κ1) is 14.5. The number of nitrogens with zero attached hydrogens (tertiary/aromatic N) is 1. The lowest BCUT2D eigenvalue weighted by Gasteiger charge is -2.13. The molecule has 0 saturated carbocycles. The Kier molecular flexibility index (Phi) is 4.50. The van der Waals surface area contributed by atoms with Crippen molar-refractivity contribution in [3.8, 4) is 11.5 Å². The smallest absolute Gasteiger partial charge is 0.352 e. The summed E-state index contributed by atoms with van der Waals surface area (Å²) in [5, 5.41) is 10.7. The molecule has 6 nitrogen and oxygen atoms in total. The quantitative estimate of drug-likeness (QED) is 0.365. The maximum absolute atomic E-state index is 11.9. The number of non-ortho nitro benzene ring substituents is 1. The largest absolute Gasteiger partial charge is 0.479 e. The molecule has 21 heavy (non-hydrogen) atoms. The van der Waals surface area contributed by atoms with Crippen molar-refractivity contribution in [3.63, 3.8) is 0 Å². The second-order valence-electron chi connectivity index (χ2n) is 4.25. The van der Waals surface area contributed by atoms with Crippen LogP contribution in [0.2, 0.25) is 0 Å². The Balaban J connectivity index is 2.00. The molecular formula is C15H13NO5. The average molecular weight is 287 g/mol. The van der Waals surface area contributed by atoms with Crippen molar-refractivity contribution in [1.29, 1.82) is 0 Å². The number of rotatable bonds is 5. The summed E-state index contributed by atoms with van der Waals surface area (Å²) < 4.78 is 10.5. The summed E-state index contributed by atoms with van der Waals surface area (Å²) in [5.74, 6) is 0.0260. The third-order valence-corrected chi connectivity index (χ3v) is 2.63. The Morgan fingerprint density at radius 1 is 1.10 bits per heavy atom. The first-order valence-electron chi connectivity index (χ1n) is 6.24. The summed E-state index contributed by atoms with van der Waals surface area (Å²) in [7, 11) is 0. The summed E-state index contributed by atoms with van der Waals surface area (Å²) in [6.45, 7) is 1.55. The van der Waals surface area contributed by atoms with Gasteiger partial charge in [-0.05, 0) is 25.1 Å². The van der Waals surface area contributed by atoms with E-state index in [2.05, 4.69) is 0 Å². The van der Waals surface area contributed by atoms with Gasteiger partial charge in [0, 0.05) is 6.07 Å². The van der Waals surface area contributed by atoms with E-state index in [1.807, 2.05) is 6.07 Å². The van der Waals surface area contributed by atoms with Crippen LogP contribution in [0.1, 0.15) is 6.92 Å². The zero-order valence-corrected chi connectivity index (χ0v) is 11.3. The molecule has 0 heterocycles. The van der Waals surface area contributed by atoms with Gasteiger partial charge in [0.1, 0.15) is 11.5 Å². The van der Waals surface area contributed by atoms with Crippen molar-refractivity contribution in [2.75, 3.05) is 0 Å². The Labute approximate surface area is 121 Å². The Bertz CT molecular complexity index is 642. The lowest BCUT2D eigenvalue weighted by atomic mass is 10.3. The fourth-order valence-corrected chi connectivity index (χ4v) is 1.61. The summed E-state index contributed by atoms with van der Waals surface area (Å²) in [6.07, 6.45) is -0.827. The molecule has 0 aliphatic rings. The van der Waals surface area contributed by atoms with E-state index in [1.54, 1.807) is 31.2 Å². The van der Waals surface area contributed by atoms with Gasteiger partial charge in [-0.1, -0.05) is 24.3 Å². The van der Waals surface area contributed by atoms with Gasteiger partial charge >= 0.3 is 5.97 Å². The predicted octanol–water partition coefficient (Wildman–Crippen LogP) is 2.97. The molecule has 0 radical (unpaired) electrons. The molecule has 2 rings (SSSR count). The van der Waals surface area contributed by atoms with Gasteiger partial charge in [-0.25, -0.2) is 4.79 Å². The zero-order valence-electron chi connectivity index (χ0n) is 11.3. The highest BCUT2D eigenvalue weighted by Gasteiger charge is 2.18. The minimum atomic E-state index is -0.827. The number of hydrogen-bond acceptors (Lipinski definition) is 5. The first-order chi connectivity index (χ1) is 10.1. The highest BCUT2D eigenvalue weighted by atomic mass is 16.6. The van der Waals surface area contributed by atoms with E-state index < -0.39 is 17.0 Å². The first-order valence-corrected chi connectivity index (χ1v) is 6.24. The summed E-state index contributed by atoms with van der Waals surface area (Å²) in [4.78, 5) is 22.0. The van der Waals surface area contributed by atoms with E-state index in [9.17, 15) is 14.9 Å². The molecule has 0 saturated heterocycles. The van der Waals surface area contributed by atoms with Gasteiger partial charge in [0.05, 0.1) is 11.0 Å². The number of benzene rings is 2. The summed E-state index contributed by atoms with van der Waals surface area (Å²) in [5.41, 5.74) is -0.142. The van der Waals surface area contributed by atoms with Gasteiger partial charge in [0.15, 0.2) is 6.10 Å². The van der Waals surface area contributed by atoms with Crippen LogP contribution in [0.25, 0.3) is 0 Å². The van der Waals surface area contributed by atoms with Crippen LogP contribution >= 0.6 is 0 Å². The third-order valence-electron chi connectivity index (χ3n) is 2.63. The highest BCUT2D eigenvalue weighted by molar-refractivity contribution is 5.77. The molecule has 0 amide bonds. The molecule has 0 aliphatic heterocycles. The van der Waals surface area contributed by atoms with Crippen molar-refractivity contribution in [2.45, 2.75) is 13.0 Å². The molecule has 2 aromatic carbocycles. The molecule has 108 valence electrons. The van der Waals surface area contributed by atoms with Crippen LogP contribution in [0.4, 0.5) is 5.69 Å². The zero-order chi connectivity index (χ0) is 15.2. The Morgan fingerprint density at radius 2 is 1.76 bits per heavy atom. The lowest BCUT2D eigenvalue weighted by Crippen LogP contribution is -2.28. The fraction of sp³-hybridized carbons (Fsp3) is 0.133. The molecule has 0 aliphatic carbocycles. The van der Waals surface area contributed by atoms with Crippen LogP contribution in [-0.4, -0.2) is 17.0 Å². The number of nitro benzene ring substituents is 1. The van der Waals surface area contributed by atoms with E-state index in [1.165, 1.54) is 24.3 Å². The second kappa shape index (κ2) is 6.51. The molecule has 0 bridgehead atoms. The normalized spacial score (nSPS) is 11.5. The molecule has 0 aromatic heterocycles. The summed E-state index contributed by atoms with van der Waals surface area (Å²) >= 11 is 0. The van der Waals surface area contributed by atoms with Crippen LogP contribution in [0.5, 0.6) is 11.5 Å². The maximum atomic E-state index is 11.9. The number of carbonyl (C=O) groups excluding carboxylic acids is 1. The third kappa shape index (κ3) is 4.04. The second-order valence-corrected chi connectivity index (χ2v) is 4.25. The Hall–Kier alpha value is -2.89. The van der Waals surface area contributed by atoms with Gasteiger partial charge in [-0.15, -0.1) is 0 Å². The molecule has 0 N–H and O–H groups in total. The predicted molar refractivity (Wildman–Crippen MR) is 75.3 cm³/mol. The molecule has 1 atom stereocenters. The fourth-order valence-electron chi connectivity index (χ4n) is 1.61. The standard InChI is InChI=1S/C15H13NO5/c1-11(20-13-7-3-2-4-8-13)15(17)21-14-9-5-6-12(10-14)16(18)19/h2-11H,1H3/t11-/m0/s1. The molecule has 0 spiro atoms. The Morgan fingerprint density at radius 3 is 2.43 bits per heavy atom. The van der Waals surface area contributed by atoms with Gasteiger partial charge in [0.2, 0.25) is 0 Å². The molecule has 0 fully saturated rings. The van der Waals surface area contributed by atoms with Gasteiger partial charge in [0.25, 0.3) is 5.69 Å². The SMILES string of the molecule is C[C@H](Oc1ccccc1)C(=O)Oc1cccc([N+](=O)[O-])c1. The molecule has 2 aromatic rings. The number of esters is 1. The summed E-state index contributed by atoms with van der Waals surface area (Å²) in [6, 6.07) is 14.3. The number of carbonyl (C=O) groups is 1. The van der Waals surface area contributed by atoms with E-state index in [4.69, 9.17) is 9.47 Å². The monoisotopic (exact) mass is 287 g/mol. The van der Waals surface area contributed by atoms with Crippen molar-refractivity contribution in [1.82, 2.24) is 0 Å². The van der Waals surface area contributed by atoms with Gasteiger partial charge in [-0.3, -0.25) is 10.1 Å². The number of ether oxygens (including phenoxy) is 2.